The molecule has 11 heavy (non-hydrogen) atoms. The van der Waals surface area contributed by atoms with Gasteiger partial charge in [-0.1, -0.05) is 0 Å². The van der Waals surface area contributed by atoms with E-state index in [1.54, 1.807) is 18.0 Å². The minimum Gasteiger partial charge on any atom is -0.383 e. The van der Waals surface area contributed by atoms with Gasteiger partial charge < -0.3 is 10.5 Å². The van der Waals surface area contributed by atoms with E-state index in [1.807, 2.05) is 13.1 Å². The Kier molecular flexibility index (Phi) is 2.62. The van der Waals surface area contributed by atoms with Crippen molar-refractivity contribution in [1.29, 1.82) is 0 Å². The van der Waals surface area contributed by atoms with Crippen LogP contribution in [-0.4, -0.2) is 23.5 Å². The summed E-state index contributed by atoms with van der Waals surface area (Å²) in [5, 5.41) is 4.00. The van der Waals surface area contributed by atoms with Gasteiger partial charge in [-0.3, -0.25) is 4.68 Å². The van der Waals surface area contributed by atoms with E-state index in [1.165, 1.54) is 0 Å². The summed E-state index contributed by atoms with van der Waals surface area (Å²) in [6.07, 6.45) is 1.73. The molecular formula is C7H13N3O. The Balaban J connectivity index is 2.67. The number of methoxy groups -OCH3 is 1. The van der Waals surface area contributed by atoms with E-state index in [4.69, 9.17) is 10.5 Å². The molecule has 0 bridgehead atoms. The van der Waals surface area contributed by atoms with Gasteiger partial charge in [-0.15, -0.1) is 0 Å². The lowest BCUT2D eigenvalue weighted by molar-refractivity contribution is 0.178. The van der Waals surface area contributed by atoms with Gasteiger partial charge in [-0.25, -0.2) is 0 Å². The first-order valence-electron chi connectivity index (χ1n) is 3.48. The van der Waals surface area contributed by atoms with Crippen molar-refractivity contribution < 1.29 is 4.74 Å². The molecule has 1 aromatic heterocycles. The first-order valence-corrected chi connectivity index (χ1v) is 3.48. The third-order valence-electron chi connectivity index (χ3n) is 1.58. The highest BCUT2D eigenvalue weighted by Crippen LogP contribution is 2.07. The number of hydrogen-bond donors (Lipinski definition) is 1. The van der Waals surface area contributed by atoms with Crippen LogP contribution < -0.4 is 5.73 Å². The number of nitrogens with zero attached hydrogens (tertiary/aromatic N) is 2. The number of aryl methyl sites for hydroxylation is 1. The van der Waals surface area contributed by atoms with E-state index in [9.17, 15) is 0 Å². The smallest absolute Gasteiger partial charge is 0.0704 e. The predicted octanol–water partition coefficient (Wildman–Crippen LogP) is 0.0663. The lowest BCUT2D eigenvalue weighted by Gasteiger charge is -2.09. The van der Waals surface area contributed by atoms with Gasteiger partial charge in [0.1, 0.15) is 0 Å². The zero-order valence-corrected chi connectivity index (χ0v) is 6.82. The SMILES string of the molecule is COC[C@H](N)c1ccnn1C. The van der Waals surface area contributed by atoms with Gasteiger partial charge in [-0.2, -0.15) is 5.10 Å². The fourth-order valence-corrected chi connectivity index (χ4v) is 1.01. The average molecular weight is 155 g/mol. The van der Waals surface area contributed by atoms with Gasteiger partial charge in [0, 0.05) is 20.4 Å². The Morgan fingerprint density at radius 3 is 3.00 bits per heavy atom. The molecule has 0 fully saturated rings. The van der Waals surface area contributed by atoms with Crippen LogP contribution in [0.15, 0.2) is 12.3 Å². The Labute approximate surface area is 66.0 Å². The Hall–Kier alpha value is -0.870. The molecule has 0 unspecified atom stereocenters. The van der Waals surface area contributed by atoms with Crippen LogP contribution in [0.2, 0.25) is 0 Å². The molecule has 1 rings (SSSR count). The number of nitrogens with two attached hydrogens (primary N) is 1. The molecule has 0 aliphatic rings. The molecule has 1 aromatic rings. The molecule has 1 atom stereocenters. The van der Waals surface area contributed by atoms with Gasteiger partial charge in [-0.05, 0) is 6.07 Å². The van der Waals surface area contributed by atoms with E-state index in [0.29, 0.717) is 6.61 Å². The van der Waals surface area contributed by atoms with E-state index >= 15 is 0 Å². The minimum atomic E-state index is -0.0764. The van der Waals surface area contributed by atoms with Crippen molar-refractivity contribution >= 4 is 0 Å². The minimum absolute atomic E-state index is 0.0764. The van der Waals surface area contributed by atoms with Gasteiger partial charge in [0.05, 0.1) is 18.3 Å². The average Bonchev–Trinajstić information content (AvgIpc) is 2.36. The monoisotopic (exact) mass is 155 g/mol. The predicted molar refractivity (Wildman–Crippen MR) is 42.0 cm³/mol. The molecule has 4 nitrogen and oxygen atoms in total. The normalized spacial score (nSPS) is 13.4. The summed E-state index contributed by atoms with van der Waals surface area (Å²) in [6, 6.07) is 1.82. The standard InChI is InChI=1S/C7H13N3O/c1-10-7(3-4-9-10)6(8)5-11-2/h3-4,6H,5,8H2,1-2H3/t6-/m0/s1. The van der Waals surface area contributed by atoms with Gasteiger partial charge in [0.2, 0.25) is 0 Å². The second-order valence-corrected chi connectivity index (χ2v) is 2.44. The summed E-state index contributed by atoms with van der Waals surface area (Å²) < 4.78 is 6.67. The van der Waals surface area contributed by atoms with Crippen molar-refractivity contribution in [2.24, 2.45) is 12.8 Å². The molecule has 0 aromatic carbocycles. The van der Waals surface area contributed by atoms with Crippen molar-refractivity contribution in [3.8, 4) is 0 Å². The molecule has 1 heterocycles. The van der Waals surface area contributed by atoms with Crippen molar-refractivity contribution in [1.82, 2.24) is 9.78 Å². The molecular weight excluding hydrogens is 142 g/mol. The first-order chi connectivity index (χ1) is 5.25. The maximum absolute atomic E-state index is 5.76. The Morgan fingerprint density at radius 1 is 1.82 bits per heavy atom. The summed E-state index contributed by atoms with van der Waals surface area (Å²) in [5.74, 6) is 0. The van der Waals surface area contributed by atoms with Crippen molar-refractivity contribution in [2.45, 2.75) is 6.04 Å². The molecule has 0 spiro atoms. The first kappa shape index (κ1) is 8.23. The Bertz CT molecular complexity index is 221. The van der Waals surface area contributed by atoms with Crippen molar-refractivity contribution in [3.63, 3.8) is 0 Å². The maximum Gasteiger partial charge on any atom is 0.0704 e. The molecule has 2 N–H and O–H groups in total. The van der Waals surface area contributed by atoms with Gasteiger partial charge in [0.15, 0.2) is 0 Å². The summed E-state index contributed by atoms with van der Waals surface area (Å²) in [5.41, 5.74) is 6.76. The summed E-state index contributed by atoms with van der Waals surface area (Å²) >= 11 is 0. The third-order valence-corrected chi connectivity index (χ3v) is 1.58. The summed E-state index contributed by atoms with van der Waals surface area (Å²) in [4.78, 5) is 0. The number of hydrogen-bond acceptors (Lipinski definition) is 3. The Morgan fingerprint density at radius 2 is 2.55 bits per heavy atom. The van der Waals surface area contributed by atoms with Crippen LogP contribution in [0, 0.1) is 0 Å². The van der Waals surface area contributed by atoms with E-state index in [2.05, 4.69) is 5.10 Å². The quantitative estimate of drug-likeness (QED) is 0.671. The fourth-order valence-electron chi connectivity index (χ4n) is 1.01. The third kappa shape index (κ3) is 1.78. The van der Waals surface area contributed by atoms with Crippen LogP contribution in [0.25, 0.3) is 0 Å². The van der Waals surface area contributed by atoms with E-state index in [-0.39, 0.29) is 6.04 Å². The van der Waals surface area contributed by atoms with Crippen LogP contribution in [0.4, 0.5) is 0 Å². The molecule has 0 aliphatic heterocycles. The molecule has 0 amide bonds. The highest BCUT2D eigenvalue weighted by molar-refractivity contribution is 5.05. The molecule has 0 saturated heterocycles. The van der Waals surface area contributed by atoms with Gasteiger partial charge >= 0.3 is 0 Å². The molecule has 4 heteroatoms. The zero-order chi connectivity index (χ0) is 8.27. The number of ether oxygens (including phenoxy) is 1. The second kappa shape index (κ2) is 3.50. The zero-order valence-electron chi connectivity index (χ0n) is 6.82. The molecule has 0 aliphatic carbocycles. The van der Waals surface area contributed by atoms with E-state index < -0.39 is 0 Å². The maximum atomic E-state index is 5.76. The van der Waals surface area contributed by atoms with Crippen molar-refractivity contribution in [3.05, 3.63) is 18.0 Å². The molecule has 0 radical (unpaired) electrons. The lowest BCUT2D eigenvalue weighted by Crippen LogP contribution is -2.19. The van der Waals surface area contributed by atoms with Gasteiger partial charge in [0.25, 0.3) is 0 Å². The summed E-state index contributed by atoms with van der Waals surface area (Å²) in [6.45, 7) is 0.527. The highest BCUT2D eigenvalue weighted by Gasteiger charge is 2.08. The van der Waals surface area contributed by atoms with E-state index in [0.717, 1.165) is 5.69 Å². The van der Waals surface area contributed by atoms with Crippen LogP contribution in [0.5, 0.6) is 0 Å². The number of aromatic nitrogens is 2. The molecule has 62 valence electrons. The van der Waals surface area contributed by atoms with Crippen molar-refractivity contribution in [2.75, 3.05) is 13.7 Å². The highest BCUT2D eigenvalue weighted by atomic mass is 16.5. The van der Waals surface area contributed by atoms with Crippen LogP contribution in [0.1, 0.15) is 11.7 Å². The topological polar surface area (TPSA) is 53.1 Å². The number of rotatable bonds is 3. The molecule has 0 saturated carbocycles. The largest absolute Gasteiger partial charge is 0.383 e. The second-order valence-electron chi connectivity index (χ2n) is 2.44. The van der Waals surface area contributed by atoms with Crippen LogP contribution in [-0.2, 0) is 11.8 Å². The van der Waals surface area contributed by atoms with Crippen LogP contribution in [0.3, 0.4) is 0 Å². The lowest BCUT2D eigenvalue weighted by atomic mass is 10.2. The summed E-state index contributed by atoms with van der Waals surface area (Å²) in [7, 11) is 3.50. The fraction of sp³-hybridized carbons (Fsp3) is 0.571. The van der Waals surface area contributed by atoms with Crippen LogP contribution >= 0.6 is 0 Å².